The number of benzene rings is 1. The Labute approximate surface area is 118 Å². The van der Waals surface area contributed by atoms with E-state index in [1.165, 1.54) is 11.1 Å². The molecule has 0 heterocycles. The van der Waals surface area contributed by atoms with Crippen LogP contribution in [0, 0.1) is 25.3 Å². The van der Waals surface area contributed by atoms with E-state index < -0.39 is 8.07 Å². The first-order valence-electron chi connectivity index (χ1n) is 6.54. The molecule has 0 amide bonds. The fourth-order valence-electron chi connectivity index (χ4n) is 1.51. The highest BCUT2D eigenvalue weighted by Gasteiger charge is 2.08. The van der Waals surface area contributed by atoms with Crippen LogP contribution in [0.3, 0.4) is 0 Å². The molecule has 1 aromatic rings. The Bertz CT molecular complexity index is 540. The lowest BCUT2D eigenvalue weighted by Crippen LogP contribution is -2.16. The van der Waals surface area contributed by atoms with Crippen molar-refractivity contribution in [1.29, 1.82) is 0 Å². The van der Waals surface area contributed by atoms with Gasteiger partial charge in [0.25, 0.3) is 0 Å². The minimum atomic E-state index is -1.32. The molecule has 0 aliphatic rings. The predicted octanol–water partition coefficient (Wildman–Crippen LogP) is 3.75. The normalized spacial score (nSPS) is 11.3. The molecule has 0 saturated carbocycles. The molecule has 1 aromatic carbocycles. The zero-order chi connectivity index (χ0) is 14.6. The van der Waals surface area contributed by atoms with Gasteiger partial charge in [0.05, 0.1) is 12.0 Å². The second-order valence-corrected chi connectivity index (χ2v) is 10.9. The Hall–Kier alpha value is -1.53. The lowest BCUT2D eigenvalue weighted by atomic mass is 10.0. The van der Waals surface area contributed by atoms with E-state index >= 15 is 0 Å². The summed E-state index contributed by atoms with van der Waals surface area (Å²) in [5.41, 5.74) is 7.93. The first kappa shape index (κ1) is 15.5. The van der Waals surface area contributed by atoms with Crippen LogP contribution in [0.25, 0.3) is 0 Å². The Balaban J connectivity index is 3.13. The summed E-state index contributed by atoms with van der Waals surface area (Å²) in [5, 5.41) is 0. The highest BCUT2D eigenvalue weighted by atomic mass is 28.3. The minimum absolute atomic E-state index is 1.02. The van der Waals surface area contributed by atoms with Crippen molar-refractivity contribution in [3.8, 4) is 11.5 Å². The zero-order valence-corrected chi connectivity index (χ0v) is 14.1. The maximum atomic E-state index is 4.48. The fourth-order valence-corrected chi connectivity index (χ4v) is 2.02. The van der Waals surface area contributed by atoms with E-state index in [1.54, 1.807) is 0 Å². The molecular weight excluding hydrogens is 248 g/mol. The van der Waals surface area contributed by atoms with Crippen LogP contribution in [-0.4, -0.2) is 33.4 Å². The number of aliphatic imine (C=N–C) groups is 1. The van der Waals surface area contributed by atoms with Gasteiger partial charge in [-0.2, -0.15) is 0 Å². The molecule has 3 heteroatoms. The quantitative estimate of drug-likeness (QED) is 0.346. The summed E-state index contributed by atoms with van der Waals surface area (Å²) in [7, 11) is 2.62. The van der Waals surface area contributed by atoms with Crippen molar-refractivity contribution in [2.24, 2.45) is 4.99 Å². The van der Waals surface area contributed by atoms with Crippen LogP contribution in [0.5, 0.6) is 0 Å². The van der Waals surface area contributed by atoms with E-state index in [0.29, 0.717) is 0 Å². The maximum absolute atomic E-state index is 4.48. The molecule has 0 unspecified atom stereocenters. The van der Waals surface area contributed by atoms with Crippen molar-refractivity contribution in [1.82, 2.24) is 4.90 Å². The molecule has 0 bridgehead atoms. The summed E-state index contributed by atoms with van der Waals surface area (Å²) in [6, 6.07) is 4.26. The molecule has 19 heavy (non-hydrogen) atoms. The monoisotopic (exact) mass is 272 g/mol. The minimum Gasteiger partial charge on any atom is -0.369 e. The number of rotatable bonds is 2. The molecule has 0 fully saturated rings. The second kappa shape index (κ2) is 6.07. The Morgan fingerprint density at radius 1 is 1.11 bits per heavy atom. The van der Waals surface area contributed by atoms with E-state index in [9.17, 15) is 0 Å². The molecule has 0 radical (unpaired) electrons. The summed E-state index contributed by atoms with van der Waals surface area (Å²) in [5.74, 6) is 3.34. The number of hydrogen-bond donors (Lipinski definition) is 0. The van der Waals surface area contributed by atoms with Crippen LogP contribution in [0.1, 0.15) is 16.7 Å². The van der Waals surface area contributed by atoms with Crippen LogP contribution in [0.4, 0.5) is 5.69 Å². The summed E-state index contributed by atoms with van der Waals surface area (Å²) in [6.45, 7) is 11.0. The van der Waals surface area contributed by atoms with Gasteiger partial charge in [-0.25, -0.2) is 4.99 Å². The van der Waals surface area contributed by atoms with Crippen LogP contribution >= 0.6 is 0 Å². The molecule has 102 valence electrons. The van der Waals surface area contributed by atoms with Gasteiger partial charge >= 0.3 is 0 Å². The predicted molar refractivity (Wildman–Crippen MR) is 88.0 cm³/mol. The van der Waals surface area contributed by atoms with Gasteiger partial charge in [-0.3, -0.25) is 0 Å². The first-order valence-corrected chi connectivity index (χ1v) is 10.0. The zero-order valence-electron chi connectivity index (χ0n) is 13.1. The largest absolute Gasteiger partial charge is 0.369 e. The van der Waals surface area contributed by atoms with Gasteiger partial charge in [-0.05, 0) is 37.1 Å². The standard InChI is InChI=1S/C16H24N2Si/c1-13-11-16(17-12-18(3)4)14(2)10-15(13)8-9-19(5,6)7/h10-12H,1-7H3. The summed E-state index contributed by atoms with van der Waals surface area (Å²) in [4.78, 5) is 6.42. The molecule has 2 nitrogen and oxygen atoms in total. The van der Waals surface area contributed by atoms with Gasteiger partial charge < -0.3 is 4.90 Å². The molecule has 0 atom stereocenters. The third-order valence-corrected chi connectivity index (χ3v) is 3.42. The summed E-state index contributed by atoms with van der Waals surface area (Å²) in [6.07, 6.45) is 1.83. The van der Waals surface area contributed by atoms with Crippen molar-refractivity contribution in [2.75, 3.05) is 14.1 Å². The van der Waals surface area contributed by atoms with Gasteiger partial charge in [-0.1, -0.05) is 25.6 Å². The summed E-state index contributed by atoms with van der Waals surface area (Å²) >= 11 is 0. The molecule has 1 rings (SSSR count). The van der Waals surface area contributed by atoms with E-state index in [2.05, 4.69) is 62.1 Å². The molecule has 0 N–H and O–H groups in total. The van der Waals surface area contributed by atoms with Crippen LogP contribution < -0.4 is 0 Å². The van der Waals surface area contributed by atoms with Gasteiger partial charge in [0.15, 0.2) is 0 Å². The number of aryl methyl sites for hydroxylation is 2. The average molecular weight is 272 g/mol. The molecular formula is C16H24N2Si. The van der Waals surface area contributed by atoms with Crippen LogP contribution in [0.2, 0.25) is 19.6 Å². The highest BCUT2D eigenvalue weighted by molar-refractivity contribution is 6.83. The Kier molecular flexibility index (Phi) is 4.96. The highest BCUT2D eigenvalue weighted by Crippen LogP contribution is 2.22. The molecule has 0 saturated heterocycles. The van der Waals surface area contributed by atoms with Crippen molar-refractivity contribution in [2.45, 2.75) is 33.5 Å². The third kappa shape index (κ3) is 5.31. The second-order valence-electron chi connectivity index (χ2n) is 6.16. The van der Waals surface area contributed by atoms with Crippen molar-refractivity contribution >= 4 is 20.1 Å². The van der Waals surface area contributed by atoms with Gasteiger partial charge in [0.2, 0.25) is 0 Å². The number of hydrogen-bond acceptors (Lipinski definition) is 1. The van der Waals surface area contributed by atoms with E-state index in [4.69, 9.17) is 0 Å². The van der Waals surface area contributed by atoms with Gasteiger partial charge in [-0.15, -0.1) is 5.54 Å². The Morgan fingerprint density at radius 2 is 1.74 bits per heavy atom. The first-order chi connectivity index (χ1) is 8.69. The lowest BCUT2D eigenvalue weighted by molar-refractivity contribution is 0.643. The van der Waals surface area contributed by atoms with Crippen molar-refractivity contribution < 1.29 is 0 Å². The van der Waals surface area contributed by atoms with Crippen molar-refractivity contribution in [3.63, 3.8) is 0 Å². The lowest BCUT2D eigenvalue weighted by Gasteiger charge is -2.08. The third-order valence-electron chi connectivity index (χ3n) is 2.54. The van der Waals surface area contributed by atoms with Gasteiger partial charge in [0, 0.05) is 19.7 Å². The van der Waals surface area contributed by atoms with E-state index in [1.807, 2.05) is 25.3 Å². The number of nitrogens with zero attached hydrogens (tertiary/aromatic N) is 2. The average Bonchev–Trinajstić information content (AvgIpc) is 2.26. The van der Waals surface area contributed by atoms with Crippen molar-refractivity contribution in [3.05, 3.63) is 28.8 Å². The molecule has 0 spiro atoms. The van der Waals surface area contributed by atoms with Gasteiger partial charge in [0.1, 0.15) is 8.07 Å². The Morgan fingerprint density at radius 3 is 2.26 bits per heavy atom. The smallest absolute Gasteiger partial charge is 0.129 e. The van der Waals surface area contributed by atoms with E-state index in [-0.39, 0.29) is 0 Å². The van der Waals surface area contributed by atoms with Crippen LogP contribution in [-0.2, 0) is 0 Å². The fraction of sp³-hybridized carbons (Fsp3) is 0.438. The van der Waals surface area contributed by atoms with E-state index in [0.717, 1.165) is 11.3 Å². The SMILES string of the molecule is Cc1cc(N=CN(C)C)c(C)cc1C#C[Si](C)(C)C. The maximum Gasteiger partial charge on any atom is 0.129 e. The molecule has 0 aromatic heterocycles. The summed E-state index contributed by atoms with van der Waals surface area (Å²) < 4.78 is 0. The van der Waals surface area contributed by atoms with Crippen LogP contribution in [0.15, 0.2) is 17.1 Å². The topological polar surface area (TPSA) is 15.6 Å². The molecule has 0 aliphatic carbocycles. The molecule has 0 aliphatic heterocycles.